The Morgan fingerprint density at radius 1 is 1.50 bits per heavy atom. The number of aromatic nitrogens is 1. The molecule has 1 aromatic rings. The van der Waals surface area contributed by atoms with Crippen LogP contribution in [0.5, 0.6) is 0 Å². The van der Waals surface area contributed by atoms with E-state index in [0.29, 0.717) is 18.1 Å². The highest BCUT2D eigenvalue weighted by Gasteiger charge is 2.32. The molecule has 2 heterocycles. The van der Waals surface area contributed by atoms with Gasteiger partial charge < -0.3 is 5.32 Å². The van der Waals surface area contributed by atoms with Crippen molar-refractivity contribution in [3.05, 3.63) is 23.5 Å². The molecule has 2 rings (SSSR count). The minimum absolute atomic E-state index is 0. The lowest BCUT2D eigenvalue weighted by Gasteiger charge is -2.27. The monoisotopic (exact) mass is 339 g/mol. The summed E-state index contributed by atoms with van der Waals surface area (Å²) in [4.78, 5) is 4.03. The number of sulfonamides is 1. The van der Waals surface area contributed by atoms with Crippen LogP contribution in [0.3, 0.4) is 0 Å². The molecule has 0 spiro atoms. The van der Waals surface area contributed by atoms with Crippen molar-refractivity contribution in [1.29, 1.82) is 0 Å². The van der Waals surface area contributed by atoms with Crippen LogP contribution in [-0.2, 0) is 10.0 Å². The topological polar surface area (TPSA) is 62.3 Å². The van der Waals surface area contributed by atoms with E-state index in [2.05, 4.69) is 10.3 Å². The lowest BCUT2D eigenvalue weighted by atomic mass is 10.2. The number of hydrogen-bond acceptors (Lipinski definition) is 4. The Kier molecular flexibility index (Phi) is 6.68. The predicted molar refractivity (Wildman–Crippen MR) is 82.0 cm³/mol. The van der Waals surface area contributed by atoms with E-state index in [1.54, 1.807) is 4.31 Å². The van der Waals surface area contributed by atoms with Gasteiger partial charge in [-0.3, -0.25) is 4.98 Å². The normalized spacial score (nSPS) is 19.1. The molecule has 1 aromatic heterocycles. The Balaban J connectivity index is 0.00000200. The van der Waals surface area contributed by atoms with Crippen molar-refractivity contribution in [2.45, 2.75) is 30.7 Å². The summed E-state index contributed by atoms with van der Waals surface area (Å²) in [5, 5.41) is 3.53. The highest BCUT2D eigenvalue weighted by Crippen LogP contribution is 2.22. The van der Waals surface area contributed by atoms with Gasteiger partial charge in [-0.25, -0.2) is 8.42 Å². The number of pyridine rings is 1. The number of hydrogen-bond donors (Lipinski definition) is 1. The number of rotatable bonds is 5. The van der Waals surface area contributed by atoms with Gasteiger partial charge >= 0.3 is 0 Å². The molecule has 8 heteroatoms. The Hall–Kier alpha value is -0.400. The fourth-order valence-electron chi connectivity index (χ4n) is 2.27. The standard InChI is InChI=1S/C12H18ClN3O2S.ClH/c1-2-5-16(11-3-4-14-8-11)19(17,18)12-6-10(13)7-15-9-12;/h6-7,9,11,14H,2-5,8H2,1H3;1H. The summed E-state index contributed by atoms with van der Waals surface area (Å²) in [6.45, 7) is 4.05. The minimum atomic E-state index is -3.52. The zero-order chi connectivity index (χ0) is 13.9. The van der Waals surface area contributed by atoms with Gasteiger partial charge in [-0.1, -0.05) is 18.5 Å². The molecule has 0 aliphatic carbocycles. The van der Waals surface area contributed by atoms with Gasteiger partial charge in [0.25, 0.3) is 0 Å². The Bertz CT molecular complexity index is 533. The zero-order valence-corrected chi connectivity index (χ0v) is 13.6. The maximum Gasteiger partial charge on any atom is 0.244 e. The molecule has 5 nitrogen and oxygen atoms in total. The molecule has 1 aliphatic heterocycles. The summed E-state index contributed by atoms with van der Waals surface area (Å²) in [7, 11) is -3.52. The lowest BCUT2D eigenvalue weighted by molar-refractivity contribution is 0.335. The molecule has 0 amide bonds. The molecular weight excluding hydrogens is 321 g/mol. The summed E-state index contributed by atoms with van der Waals surface area (Å²) in [6, 6.07) is 1.47. The van der Waals surface area contributed by atoms with Gasteiger partial charge in [-0.2, -0.15) is 4.31 Å². The van der Waals surface area contributed by atoms with E-state index in [9.17, 15) is 8.42 Å². The first-order valence-corrected chi connectivity index (χ1v) is 8.20. The second kappa shape index (κ2) is 7.56. The molecule has 1 saturated heterocycles. The molecule has 1 unspecified atom stereocenters. The van der Waals surface area contributed by atoms with Gasteiger partial charge in [0.05, 0.1) is 5.02 Å². The summed E-state index contributed by atoms with van der Waals surface area (Å²) in [5.41, 5.74) is 0. The largest absolute Gasteiger partial charge is 0.315 e. The SMILES string of the molecule is CCCN(C1CCNC1)S(=O)(=O)c1cncc(Cl)c1.Cl. The smallest absolute Gasteiger partial charge is 0.244 e. The van der Waals surface area contributed by atoms with E-state index in [1.165, 1.54) is 18.5 Å². The molecule has 0 bridgehead atoms. The van der Waals surface area contributed by atoms with E-state index in [-0.39, 0.29) is 23.3 Å². The summed E-state index contributed by atoms with van der Waals surface area (Å²) >= 11 is 5.83. The zero-order valence-electron chi connectivity index (χ0n) is 11.3. The first-order chi connectivity index (χ1) is 9.05. The van der Waals surface area contributed by atoms with Crippen LogP contribution in [0.2, 0.25) is 5.02 Å². The quantitative estimate of drug-likeness (QED) is 0.890. The predicted octanol–water partition coefficient (Wildman–Crippen LogP) is 1.92. The molecule has 20 heavy (non-hydrogen) atoms. The second-order valence-electron chi connectivity index (χ2n) is 4.60. The fourth-order valence-corrected chi connectivity index (χ4v) is 4.25. The molecule has 1 fully saturated rings. The Labute approximate surface area is 131 Å². The highest BCUT2D eigenvalue weighted by atomic mass is 35.5. The van der Waals surface area contributed by atoms with E-state index in [0.717, 1.165) is 19.4 Å². The molecule has 0 aromatic carbocycles. The van der Waals surface area contributed by atoms with Crippen molar-refractivity contribution in [2.24, 2.45) is 0 Å². The van der Waals surface area contributed by atoms with Gasteiger partial charge in [-0.05, 0) is 25.5 Å². The van der Waals surface area contributed by atoms with E-state index < -0.39 is 10.0 Å². The van der Waals surface area contributed by atoms with Crippen LogP contribution in [0.1, 0.15) is 19.8 Å². The van der Waals surface area contributed by atoms with Crippen LogP contribution in [0.25, 0.3) is 0 Å². The van der Waals surface area contributed by atoms with Crippen molar-refractivity contribution in [3.8, 4) is 0 Å². The average Bonchev–Trinajstić information content (AvgIpc) is 2.89. The van der Waals surface area contributed by atoms with Crippen LogP contribution in [-0.4, -0.2) is 43.4 Å². The van der Waals surface area contributed by atoms with Gasteiger partial charge in [0.2, 0.25) is 10.0 Å². The molecule has 1 aliphatic rings. The molecule has 1 N–H and O–H groups in total. The maximum atomic E-state index is 12.7. The third kappa shape index (κ3) is 3.83. The van der Waals surface area contributed by atoms with Crippen molar-refractivity contribution in [3.63, 3.8) is 0 Å². The third-order valence-corrected chi connectivity index (χ3v) is 5.30. The van der Waals surface area contributed by atoms with E-state index in [1.807, 2.05) is 6.92 Å². The van der Waals surface area contributed by atoms with Gasteiger partial charge in [0.15, 0.2) is 0 Å². The van der Waals surface area contributed by atoms with Gasteiger partial charge in [-0.15, -0.1) is 12.4 Å². The Morgan fingerprint density at radius 2 is 2.25 bits per heavy atom. The minimum Gasteiger partial charge on any atom is -0.315 e. The number of nitrogens with one attached hydrogen (secondary N) is 1. The number of nitrogens with zero attached hydrogens (tertiary/aromatic N) is 2. The van der Waals surface area contributed by atoms with Crippen molar-refractivity contribution >= 4 is 34.0 Å². The van der Waals surface area contributed by atoms with Crippen LogP contribution in [0, 0.1) is 0 Å². The van der Waals surface area contributed by atoms with Crippen molar-refractivity contribution in [1.82, 2.24) is 14.6 Å². The van der Waals surface area contributed by atoms with Crippen LogP contribution < -0.4 is 5.32 Å². The molecule has 0 radical (unpaired) electrons. The van der Waals surface area contributed by atoms with Gasteiger partial charge in [0.1, 0.15) is 4.90 Å². The van der Waals surface area contributed by atoms with Crippen molar-refractivity contribution < 1.29 is 8.42 Å². The molecule has 0 saturated carbocycles. The van der Waals surface area contributed by atoms with Gasteiger partial charge in [0, 0.05) is 31.5 Å². The first-order valence-electron chi connectivity index (χ1n) is 6.39. The highest BCUT2D eigenvalue weighted by molar-refractivity contribution is 7.89. The van der Waals surface area contributed by atoms with E-state index in [4.69, 9.17) is 11.6 Å². The molecule has 1 atom stereocenters. The average molecular weight is 340 g/mol. The third-order valence-electron chi connectivity index (χ3n) is 3.17. The Morgan fingerprint density at radius 3 is 2.80 bits per heavy atom. The first kappa shape index (κ1) is 17.7. The second-order valence-corrected chi connectivity index (χ2v) is 6.93. The number of halogens is 2. The summed E-state index contributed by atoms with van der Waals surface area (Å²) in [6.07, 6.45) is 4.41. The van der Waals surface area contributed by atoms with Crippen LogP contribution in [0.4, 0.5) is 0 Å². The lowest BCUT2D eigenvalue weighted by Crippen LogP contribution is -2.42. The van der Waals surface area contributed by atoms with Crippen molar-refractivity contribution in [2.75, 3.05) is 19.6 Å². The fraction of sp³-hybridized carbons (Fsp3) is 0.583. The molecule has 114 valence electrons. The van der Waals surface area contributed by atoms with Crippen LogP contribution >= 0.6 is 24.0 Å². The van der Waals surface area contributed by atoms with E-state index >= 15 is 0 Å². The summed E-state index contributed by atoms with van der Waals surface area (Å²) in [5.74, 6) is 0. The van der Waals surface area contributed by atoms with Crippen LogP contribution in [0.15, 0.2) is 23.4 Å². The molecular formula is C12H19Cl2N3O2S. The maximum absolute atomic E-state index is 12.7. The summed E-state index contributed by atoms with van der Waals surface area (Å²) < 4.78 is 26.9.